The summed E-state index contributed by atoms with van der Waals surface area (Å²) in [6, 6.07) is 11.3. The lowest BCUT2D eigenvalue weighted by molar-refractivity contribution is -0.141. The second kappa shape index (κ2) is 8.47. The Kier molecular flexibility index (Phi) is 6.17. The van der Waals surface area contributed by atoms with Gasteiger partial charge in [0, 0.05) is 44.5 Å². The monoisotopic (exact) mass is 418 g/mol. The van der Waals surface area contributed by atoms with Crippen molar-refractivity contribution in [3.05, 3.63) is 65.0 Å². The summed E-state index contributed by atoms with van der Waals surface area (Å²) in [5.74, 6) is -0.0440. The molecule has 1 aromatic rings. The maximum Gasteiger partial charge on any atom is 0.433 e. The highest BCUT2D eigenvalue weighted by atomic mass is 19.4. The van der Waals surface area contributed by atoms with E-state index in [1.165, 1.54) is 9.47 Å². The Morgan fingerprint density at radius 3 is 2.37 bits per heavy atom. The molecule has 160 valence electrons. The van der Waals surface area contributed by atoms with Crippen LogP contribution in [0, 0.1) is 6.92 Å². The number of pyridine rings is 1. The maximum absolute atomic E-state index is 13.8. The van der Waals surface area contributed by atoms with Gasteiger partial charge in [0.05, 0.1) is 0 Å². The molecule has 0 fully saturated rings. The van der Waals surface area contributed by atoms with Gasteiger partial charge in [-0.15, -0.1) is 0 Å². The van der Waals surface area contributed by atoms with E-state index in [2.05, 4.69) is 4.98 Å². The van der Waals surface area contributed by atoms with Gasteiger partial charge in [0.15, 0.2) is 5.69 Å². The maximum atomic E-state index is 13.8. The lowest BCUT2D eigenvalue weighted by Gasteiger charge is -2.19. The number of aryl methyl sites for hydroxylation is 1. The standard InChI is InChI=1S/C22H25F3N4O/c1-15-10-17-18(13-28(4)12-16-8-6-5-7-9-16)20(22(23,24)25)26-21(17)29(11-15)14-19(30)27(2)3/h5-11H,12-14H2,1-4H3. The quantitative estimate of drug-likeness (QED) is 0.607. The molecule has 0 aliphatic carbocycles. The van der Waals surface area contributed by atoms with Crippen LogP contribution in [0.15, 0.2) is 42.6 Å². The molecule has 0 N–H and O–H groups in total. The summed E-state index contributed by atoms with van der Waals surface area (Å²) < 4.78 is 43.0. The molecule has 30 heavy (non-hydrogen) atoms. The van der Waals surface area contributed by atoms with Crippen LogP contribution in [0.4, 0.5) is 13.2 Å². The van der Waals surface area contributed by atoms with Gasteiger partial charge < -0.3 is 9.47 Å². The first-order chi connectivity index (χ1) is 14.1. The van der Waals surface area contributed by atoms with Crippen molar-refractivity contribution in [1.82, 2.24) is 19.4 Å². The van der Waals surface area contributed by atoms with Gasteiger partial charge in [-0.2, -0.15) is 13.2 Å². The number of halogens is 3. The first kappa shape index (κ1) is 21.8. The topological polar surface area (TPSA) is 41.4 Å². The predicted octanol–water partition coefficient (Wildman–Crippen LogP) is 4.04. The van der Waals surface area contributed by atoms with Crippen molar-refractivity contribution in [2.45, 2.75) is 32.7 Å². The van der Waals surface area contributed by atoms with E-state index in [0.29, 0.717) is 12.1 Å². The Morgan fingerprint density at radius 2 is 1.77 bits per heavy atom. The second-order valence-electron chi connectivity index (χ2n) is 7.77. The average molecular weight is 418 g/mol. The summed E-state index contributed by atoms with van der Waals surface area (Å²) in [6.45, 7) is 2.33. The minimum absolute atomic E-state index is 0.0706. The van der Waals surface area contributed by atoms with Gasteiger partial charge in [-0.1, -0.05) is 30.3 Å². The third-order valence-corrected chi connectivity index (χ3v) is 4.87. The Labute approximate surface area is 174 Å². The molecule has 0 spiro atoms. The SMILES string of the molecule is Cc1cc2c(CN(C)Cc3ccccc3)c(C(F)(F)F)nc-2n(CC(=O)N(C)C)c1. The molecule has 0 atom stereocenters. The van der Waals surface area contributed by atoms with Crippen LogP contribution in [0.3, 0.4) is 0 Å². The number of nitrogens with zero attached hydrogens (tertiary/aromatic N) is 4. The number of benzene rings is 1. The largest absolute Gasteiger partial charge is 0.433 e. The van der Waals surface area contributed by atoms with E-state index in [1.54, 1.807) is 40.3 Å². The first-order valence-corrected chi connectivity index (χ1v) is 9.55. The third-order valence-electron chi connectivity index (χ3n) is 4.87. The molecular formula is C22H25F3N4O. The van der Waals surface area contributed by atoms with E-state index in [9.17, 15) is 18.0 Å². The van der Waals surface area contributed by atoms with Crippen molar-refractivity contribution >= 4 is 5.91 Å². The molecule has 3 rings (SSSR count). The van der Waals surface area contributed by atoms with Crippen LogP contribution in [0.5, 0.6) is 0 Å². The number of fused-ring (bicyclic) bond motifs is 1. The minimum atomic E-state index is -4.58. The molecule has 8 heteroatoms. The molecule has 2 heterocycles. The average Bonchev–Trinajstić information content (AvgIpc) is 3.01. The smallest absolute Gasteiger partial charge is 0.347 e. The first-order valence-electron chi connectivity index (χ1n) is 9.55. The number of rotatable bonds is 6. The van der Waals surface area contributed by atoms with Crippen molar-refractivity contribution in [1.29, 1.82) is 0 Å². The van der Waals surface area contributed by atoms with Crippen molar-refractivity contribution in [3.63, 3.8) is 0 Å². The van der Waals surface area contributed by atoms with E-state index >= 15 is 0 Å². The molecule has 1 amide bonds. The van der Waals surface area contributed by atoms with E-state index in [0.717, 1.165) is 11.1 Å². The van der Waals surface area contributed by atoms with Gasteiger partial charge in [0.25, 0.3) is 0 Å². The van der Waals surface area contributed by atoms with Crippen molar-refractivity contribution < 1.29 is 18.0 Å². The van der Waals surface area contributed by atoms with Crippen LogP contribution < -0.4 is 0 Å². The molecule has 0 unspecified atom stereocenters. The van der Waals surface area contributed by atoms with E-state index < -0.39 is 11.9 Å². The molecule has 2 aliphatic rings. The van der Waals surface area contributed by atoms with Crippen molar-refractivity contribution in [2.75, 3.05) is 21.1 Å². The molecule has 0 saturated heterocycles. The number of amides is 1. The summed E-state index contributed by atoms with van der Waals surface area (Å²) in [5, 5.41) is 0. The van der Waals surface area contributed by atoms with Gasteiger partial charge in [0.2, 0.25) is 5.91 Å². The number of aromatic nitrogens is 2. The summed E-state index contributed by atoms with van der Waals surface area (Å²) in [7, 11) is 5.00. The van der Waals surface area contributed by atoms with Crippen molar-refractivity contribution in [3.8, 4) is 11.4 Å². The fourth-order valence-electron chi connectivity index (χ4n) is 3.46. The third kappa shape index (κ3) is 4.81. The number of hydrogen-bond donors (Lipinski definition) is 0. The van der Waals surface area contributed by atoms with Crippen LogP contribution in [-0.4, -0.2) is 46.4 Å². The summed E-state index contributed by atoms with van der Waals surface area (Å²) in [4.78, 5) is 19.4. The van der Waals surface area contributed by atoms with Gasteiger partial charge in [0.1, 0.15) is 12.4 Å². The van der Waals surface area contributed by atoms with Gasteiger partial charge in [-0.3, -0.25) is 9.69 Å². The molecule has 5 nitrogen and oxygen atoms in total. The molecule has 2 aliphatic heterocycles. The van der Waals surface area contributed by atoms with E-state index in [1.807, 2.05) is 35.2 Å². The number of hydrogen-bond acceptors (Lipinski definition) is 3. The van der Waals surface area contributed by atoms with Crippen LogP contribution in [0.1, 0.15) is 22.4 Å². The molecule has 0 bridgehead atoms. The molecule has 0 aromatic heterocycles. The van der Waals surface area contributed by atoms with E-state index in [-0.39, 0.29) is 30.4 Å². The summed E-state index contributed by atoms with van der Waals surface area (Å²) in [5.41, 5.74) is 1.44. The Hall–Kier alpha value is -2.87. The minimum Gasteiger partial charge on any atom is -0.347 e. The lowest BCUT2D eigenvalue weighted by atomic mass is 10.1. The molecule has 0 saturated carbocycles. The fraction of sp³-hybridized carbons (Fsp3) is 0.364. The second-order valence-corrected chi connectivity index (χ2v) is 7.77. The highest BCUT2D eigenvalue weighted by Crippen LogP contribution is 2.39. The van der Waals surface area contributed by atoms with E-state index in [4.69, 9.17) is 0 Å². The zero-order valence-electron chi connectivity index (χ0n) is 17.5. The van der Waals surface area contributed by atoms with Crippen LogP contribution in [0.2, 0.25) is 0 Å². The number of likely N-dealkylation sites (N-methyl/N-ethyl adjacent to an activating group) is 1. The lowest BCUT2D eigenvalue weighted by Crippen LogP contribution is -2.27. The Balaban J connectivity index is 2.01. The molecule has 1 aromatic carbocycles. The summed E-state index contributed by atoms with van der Waals surface area (Å²) in [6.07, 6.45) is -2.92. The van der Waals surface area contributed by atoms with Crippen LogP contribution in [-0.2, 0) is 30.6 Å². The Bertz CT molecular complexity index is 996. The highest BCUT2D eigenvalue weighted by molar-refractivity contribution is 5.77. The van der Waals surface area contributed by atoms with Crippen LogP contribution >= 0.6 is 0 Å². The number of carbonyl (C=O) groups is 1. The zero-order chi connectivity index (χ0) is 22.1. The zero-order valence-corrected chi connectivity index (χ0v) is 17.5. The predicted molar refractivity (Wildman–Crippen MR) is 109 cm³/mol. The molecule has 0 radical (unpaired) electrons. The van der Waals surface area contributed by atoms with Gasteiger partial charge in [-0.25, -0.2) is 4.98 Å². The normalized spacial score (nSPS) is 12.0. The van der Waals surface area contributed by atoms with Crippen LogP contribution in [0.25, 0.3) is 11.4 Å². The highest BCUT2D eigenvalue weighted by Gasteiger charge is 2.40. The number of alkyl halides is 3. The molecular weight excluding hydrogens is 393 g/mol. The van der Waals surface area contributed by atoms with Crippen molar-refractivity contribution in [2.24, 2.45) is 0 Å². The van der Waals surface area contributed by atoms with Gasteiger partial charge in [-0.05, 0) is 31.2 Å². The van der Waals surface area contributed by atoms with Gasteiger partial charge >= 0.3 is 6.18 Å². The number of carbonyl (C=O) groups excluding carboxylic acids is 1. The Morgan fingerprint density at radius 1 is 1.10 bits per heavy atom. The summed E-state index contributed by atoms with van der Waals surface area (Å²) >= 11 is 0. The fourth-order valence-corrected chi connectivity index (χ4v) is 3.46.